The zero-order valence-electron chi connectivity index (χ0n) is 19.7. The molecule has 1 aliphatic heterocycles. The Morgan fingerprint density at radius 2 is 2.00 bits per heavy atom. The molecule has 0 atom stereocenters. The van der Waals surface area contributed by atoms with Crippen LogP contribution in [0.5, 0.6) is 5.88 Å². The van der Waals surface area contributed by atoms with Crippen molar-refractivity contribution >= 4 is 36.0 Å². The summed E-state index contributed by atoms with van der Waals surface area (Å²) >= 11 is 0. The highest BCUT2D eigenvalue weighted by Crippen LogP contribution is 2.20. The van der Waals surface area contributed by atoms with Gasteiger partial charge < -0.3 is 24.6 Å². The van der Waals surface area contributed by atoms with Gasteiger partial charge in [0.2, 0.25) is 5.88 Å². The van der Waals surface area contributed by atoms with E-state index in [-0.39, 0.29) is 30.1 Å². The molecule has 1 aliphatic rings. The number of nitrogens with one attached hydrogen (secondary N) is 1. The second-order valence-corrected chi connectivity index (χ2v) is 8.56. The number of ether oxygens (including phenoxy) is 2. The van der Waals surface area contributed by atoms with Gasteiger partial charge in [0.1, 0.15) is 5.60 Å². The van der Waals surface area contributed by atoms with E-state index in [9.17, 15) is 4.79 Å². The van der Waals surface area contributed by atoms with Gasteiger partial charge in [-0.05, 0) is 52.0 Å². The number of pyridine rings is 1. The number of nitrogens with zero attached hydrogens (tertiary/aromatic N) is 4. The molecule has 1 aromatic rings. The molecule has 31 heavy (non-hydrogen) atoms. The highest BCUT2D eigenvalue weighted by atomic mass is 127. The van der Waals surface area contributed by atoms with Crippen molar-refractivity contribution in [3.8, 4) is 5.88 Å². The lowest BCUT2D eigenvalue weighted by Crippen LogP contribution is -2.47. The zero-order valence-corrected chi connectivity index (χ0v) is 22.0. The lowest BCUT2D eigenvalue weighted by Gasteiger charge is -2.36. The SMILES string of the molecule is CCN(CC1CCN(C(=NC)NCc2ccc(OC)nc2)CC1)C(=O)OC(C)(C)C.I. The van der Waals surface area contributed by atoms with Crippen LogP contribution in [-0.4, -0.2) is 72.8 Å². The molecule has 1 amide bonds. The average molecular weight is 547 g/mol. The Labute approximate surface area is 203 Å². The molecule has 0 saturated carbocycles. The molecule has 2 heterocycles. The molecule has 9 heteroatoms. The smallest absolute Gasteiger partial charge is 0.410 e. The van der Waals surface area contributed by atoms with Crippen LogP contribution in [0, 0.1) is 5.92 Å². The number of carbonyl (C=O) groups excluding carboxylic acids is 1. The Hall–Kier alpha value is -1.78. The summed E-state index contributed by atoms with van der Waals surface area (Å²) < 4.78 is 10.6. The van der Waals surface area contributed by atoms with Crippen molar-refractivity contribution in [3.63, 3.8) is 0 Å². The molecule has 1 N–H and O–H groups in total. The molecule has 1 saturated heterocycles. The molecule has 1 aromatic heterocycles. The van der Waals surface area contributed by atoms with E-state index in [0.29, 0.717) is 24.9 Å². The minimum Gasteiger partial charge on any atom is -0.481 e. The largest absolute Gasteiger partial charge is 0.481 e. The maximum Gasteiger partial charge on any atom is 0.410 e. The second kappa shape index (κ2) is 12.9. The first-order valence-electron chi connectivity index (χ1n) is 10.7. The van der Waals surface area contributed by atoms with E-state index in [0.717, 1.165) is 44.0 Å². The number of aromatic nitrogens is 1. The Balaban J connectivity index is 0.00000480. The first kappa shape index (κ1) is 27.3. The van der Waals surface area contributed by atoms with Crippen molar-refractivity contribution in [2.75, 3.05) is 40.3 Å². The van der Waals surface area contributed by atoms with Gasteiger partial charge in [0.15, 0.2) is 5.96 Å². The first-order valence-corrected chi connectivity index (χ1v) is 10.7. The number of likely N-dealkylation sites (tertiary alicyclic amines) is 1. The van der Waals surface area contributed by atoms with Gasteiger partial charge in [-0.25, -0.2) is 9.78 Å². The Morgan fingerprint density at radius 3 is 2.48 bits per heavy atom. The van der Waals surface area contributed by atoms with Crippen LogP contribution in [0.4, 0.5) is 4.79 Å². The summed E-state index contributed by atoms with van der Waals surface area (Å²) in [5.74, 6) is 1.97. The van der Waals surface area contributed by atoms with E-state index in [2.05, 4.69) is 20.2 Å². The van der Waals surface area contributed by atoms with Crippen LogP contribution in [0.1, 0.15) is 46.1 Å². The molecule has 0 unspecified atom stereocenters. The summed E-state index contributed by atoms with van der Waals surface area (Å²) in [5.41, 5.74) is 0.605. The fourth-order valence-electron chi connectivity index (χ4n) is 3.45. The standard InChI is InChI=1S/C22H37N5O3.HI/c1-7-26(21(28)30-22(2,3)4)16-17-10-12-27(13-11-17)20(23-5)25-15-18-8-9-19(29-6)24-14-18;/h8-9,14,17H,7,10-13,15-16H2,1-6H3,(H,23,25);1H. The van der Waals surface area contributed by atoms with Gasteiger partial charge in [-0.15, -0.1) is 24.0 Å². The van der Waals surface area contributed by atoms with Crippen molar-refractivity contribution in [2.45, 2.75) is 52.7 Å². The van der Waals surface area contributed by atoms with E-state index < -0.39 is 5.60 Å². The first-order chi connectivity index (χ1) is 14.3. The number of amides is 1. The van der Waals surface area contributed by atoms with Crippen LogP contribution >= 0.6 is 24.0 Å². The number of hydrogen-bond donors (Lipinski definition) is 1. The third kappa shape index (κ3) is 9.08. The van der Waals surface area contributed by atoms with E-state index in [1.54, 1.807) is 13.3 Å². The highest BCUT2D eigenvalue weighted by molar-refractivity contribution is 14.0. The molecule has 1 fully saturated rings. The van der Waals surface area contributed by atoms with Crippen molar-refractivity contribution in [3.05, 3.63) is 23.9 Å². The Kier molecular flexibility index (Phi) is 11.4. The summed E-state index contributed by atoms with van der Waals surface area (Å²) in [5, 5.41) is 3.41. The van der Waals surface area contributed by atoms with Gasteiger partial charge in [-0.2, -0.15) is 0 Å². The van der Waals surface area contributed by atoms with Crippen LogP contribution in [0.2, 0.25) is 0 Å². The summed E-state index contributed by atoms with van der Waals surface area (Å²) in [7, 11) is 3.42. The Bertz CT molecular complexity index is 698. The fourth-order valence-corrected chi connectivity index (χ4v) is 3.45. The van der Waals surface area contributed by atoms with Crippen LogP contribution in [0.15, 0.2) is 23.3 Å². The quantitative estimate of drug-likeness (QED) is 0.332. The minimum absolute atomic E-state index is 0. The molecule has 0 radical (unpaired) electrons. The highest BCUT2D eigenvalue weighted by Gasteiger charge is 2.27. The molecule has 2 rings (SSSR count). The Morgan fingerprint density at radius 1 is 1.32 bits per heavy atom. The van der Waals surface area contributed by atoms with Crippen LogP contribution in [0.25, 0.3) is 0 Å². The lowest BCUT2D eigenvalue weighted by atomic mass is 9.96. The van der Waals surface area contributed by atoms with Gasteiger partial charge in [0.05, 0.1) is 7.11 Å². The molecule has 0 spiro atoms. The van der Waals surface area contributed by atoms with Crippen molar-refractivity contribution < 1.29 is 14.3 Å². The van der Waals surface area contributed by atoms with E-state index in [1.807, 2.05) is 51.8 Å². The van der Waals surface area contributed by atoms with Crippen LogP contribution in [0.3, 0.4) is 0 Å². The minimum atomic E-state index is -0.467. The number of piperidine rings is 1. The summed E-state index contributed by atoms with van der Waals surface area (Å²) in [6, 6.07) is 3.85. The van der Waals surface area contributed by atoms with Gasteiger partial charge in [-0.3, -0.25) is 4.99 Å². The number of methoxy groups -OCH3 is 1. The van der Waals surface area contributed by atoms with Crippen LogP contribution in [-0.2, 0) is 11.3 Å². The molecule has 0 aromatic carbocycles. The van der Waals surface area contributed by atoms with Crippen molar-refractivity contribution in [1.82, 2.24) is 20.1 Å². The summed E-state index contributed by atoms with van der Waals surface area (Å²) in [4.78, 5) is 25.2. The third-order valence-electron chi connectivity index (χ3n) is 5.10. The predicted molar refractivity (Wildman–Crippen MR) is 134 cm³/mol. The van der Waals surface area contributed by atoms with Crippen LogP contribution < -0.4 is 10.1 Å². The molecule has 0 aliphatic carbocycles. The summed E-state index contributed by atoms with van der Waals surface area (Å²) in [6.07, 6.45) is 3.62. The van der Waals surface area contributed by atoms with Crippen molar-refractivity contribution in [1.29, 1.82) is 0 Å². The number of carbonyl (C=O) groups is 1. The number of rotatable bonds is 6. The van der Waals surface area contributed by atoms with Crippen molar-refractivity contribution in [2.24, 2.45) is 10.9 Å². The predicted octanol–water partition coefficient (Wildman–Crippen LogP) is 3.75. The molecule has 8 nitrogen and oxygen atoms in total. The molecule has 0 bridgehead atoms. The number of hydrogen-bond acceptors (Lipinski definition) is 5. The van der Waals surface area contributed by atoms with E-state index >= 15 is 0 Å². The number of aliphatic imine (C=N–C) groups is 1. The summed E-state index contributed by atoms with van der Waals surface area (Å²) in [6.45, 7) is 11.6. The third-order valence-corrected chi connectivity index (χ3v) is 5.10. The normalized spacial score (nSPS) is 15.2. The fraction of sp³-hybridized carbons (Fsp3) is 0.682. The van der Waals surface area contributed by atoms with E-state index in [1.165, 1.54) is 0 Å². The topological polar surface area (TPSA) is 79.3 Å². The average Bonchev–Trinajstić information content (AvgIpc) is 2.72. The second-order valence-electron chi connectivity index (χ2n) is 8.56. The molecular weight excluding hydrogens is 509 g/mol. The van der Waals surface area contributed by atoms with Gasteiger partial charge in [0.25, 0.3) is 0 Å². The maximum absolute atomic E-state index is 12.4. The van der Waals surface area contributed by atoms with Gasteiger partial charge >= 0.3 is 6.09 Å². The monoisotopic (exact) mass is 547 g/mol. The maximum atomic E-state index is 12.4. The van der Waals surface area contributed by atoms with Gasteiger partial charge in [0, 0.05) is 52.0 Å². The lowest BCUT2D eigenvalue weighted by molar-refractivity contribution is 0.0214. The van der Waals surface area contributed by atoms with Gasteiger partial charge in [-0.1, -0.05) is 6.07 Å². The number of guanidine groups is 1. The van der Waals surface area contributed by atoms with E-state index in [4.69, 9.17) is 9.47 Å². The number of halogens is 1. The molecule has 176 valence electrons. The zero-order chi connectivity index (χ0) is 22.1. The molecular formula is C22H38IN5O3.